The first-order valence-corrected chi connectivity index (χ1v) is 10.3. The van der Waals surface area contributed by atoms with Crippen LogP contribution < -0.4 is 15.4 Å². The zero-order valence-corrected chi connectivity index (χ0v) is 19.0. The average molecular weight is 476 g/mol. The van der Waals surface area contributed by atoms with Crippen LogP contribution in [0.25, 0.3) is 11.3 Å². The summed E-state index contributed by atoms with van der Waals surface area (Å²) in [4.78, 5) is 16.1. The van der Waals surface area contributed by atoms with Crippen molar-refractivity contribution in [3.05, 3.63) is 53.4 Å². The molecule has 0 saturated heterocycles. The highest BCUT2D eigenvalue weighted by molar-refractivity contribution is 6.30. The van der Waals surface area contributed by atoms with E-state index in [1.165, 1.54) is 30.5 Å². The Morgan fingerprint density at radius 2 is 1.97 bits per heavy atom. The molecule has 11 heteroatoms. The second-order valence-corrected chi connectivity index (χ2v) is 8.26. The molecule has 0 atom stereocenters. The van der Waals surface area contributed by atoms with E-state index in [1.54, 1.807) is 32.9 Å². The summed E-state index contributed by atoms with van der Waals surface area (Å²) >= 11 is 6.00. The largest absolute Gasteiger partial charge is 0.473 e. The number of nitrogens with one attached hydrogen (secondary N) is 2. The van der Waals surface area contributed by atoms with E-state index < -0.39 is 17.5 Å². The number of halogens is 2. The van der Waals surface area contributed by atoms with Crippen LogP contribution in [0.2, 0.25) is 5.02 Å². The van der Waals surface area contributed by atoms with Gasteiger partial charge in [-0.2, -0.15) is 0 Å². The smallest absolute Gasteiger partial charge is 0.413 e. The molecule has 3 N–H and O–H groups in total. The molecule has 0 saturated carbocycles. The minimum atomic E-state index is -0.659. The predicted molar refractivity (Wildman–Crippen MR) is 122 cm³/mol. The van der Waals surface area contributed by atoms with Crippen molar-refractivity contribution in [1.29, 1.82) is 0 Å². The van der Waals surface area contributed by atoms with Gasteiger partial charge in [-0.15, -0.1) is 10.2 Å². The molecule has 3 aromatic rings. The summed E-state index contributed by atoms with van der Waals surface area (Å²) < 4.78 is 25.0. The third kappa shape index (κ3) is 6.99. The van der Waals surface area contributed by atoms with Crippen molar-refractivity contribution in [2.45, 2.75) is 26.4 Å². The standard InChI is InChI=1S/C22H23ClFN5O4/c1-22(2,3)33-21(31)27-19-11-14(6-7-25-19)26-18-12-17(28-29-20(18)32-9-8-30)15-10-13(23)4-5-16(15)24/h4-7,10-12,30H,8-9H2,1-3H3,(H2,25,26,27,28,31). The number of aliphatic hydroxyl groups is 1. The third-order valence-electron chi connectivity index (χ3n) is 3.96. The number of rotatable bonds is 7. The van der Waals surface area contributed by atoms with Crippen molar-refractivity contribution in [3.8, 4) is 17.1 Å². The molecule has 174 valence electrons. The normalized spacial score (nSPS) is 11.1. The lowest BCUT2D eigenvalue weighted by Crippen LogP contribution is -2.27. The number of hydrogen-bond acceptors (Lipinski definition) is 8. The quantitative estimate of drug-likeness (QED) is 0.446. The number of nitrogens with zero attached hydrogens (tertiary/aromatic N) is 3. The fraction of sp³-hybridized carbons (Fsp3) is 0.273. The minimum Gasteiger partial charge on any atom is -0.473 e. The summed E-state index contributed by atoms with van der Waals surface area (Å²) in [5.74, 6) is -0.180. The number of amides is 1. The van der Waals surface area contributed by atoms with Crippen LogP contribution in [0, 0.1) is 5.82 Å². The number of carbonyl (C=O) groups is 1. The third-order valence-corrected chi connectivity index (χ3v) is 4.20. The second kappa shape index (κ2) is 10.4. The highest BCUT2D eigenvalue weighted by Crippen LogP contribution is 2.32. The van der Waals surface area contributed by atoms with Crippen molar-refractivity contribution in [2.24, 2.45) is 0 Å². The lowest BCUT2D eigenvalue weighted by atomic mass is 10.1. The molecule has 33 heavy (non-hydrogen) atoms. The molecule has 2 aromatic heterocycles. The first-order chi connectivity index (χ1) is 15.6. The lowest BCUT2D eigenvalue weighted by molar-refractivity contribution is 0.0635. The molecule has 0 fully saturated rings. The molecular formula is C22H23ClFN5O4. The van der Waals surface area contributed by atoms with E-state index in [9.17, 15) is 9.18 Å². The number of aliphatic hydroxyl groups excluding tert-OH is 1. The van der Waals surface area contributed by atoms with Gasteiger partial charge in [0.25, 0.3) is 5.88 Å². The Morgan fingerprint density at radius 1 is 1.18 bits per heavy atom. The maximum Gasteiger partial charge on any atom is 0.413 e. The first-order valence-electron chi connectivity index (χ1n) is 9.94. The van der Waals surface area contributed by atoms with Gasteiger partial charge in [-0.1, -0.05) is 11.6 Å². The first kappa shape index (κ1) is 24.1. The molecule has 9 nitrogen and oxygen atoms in total. The zero-order chi connectivity index (χ0) is 24.0. The van der Waals surface area contributed by atoms with Crippen molar-refractivity contribution < 1.29 is 23.8 Å². The van der Waals surface area contributed by atoms with Crippen LogP contribution >= 0.6 is 11.6 Å². The molecule has 1 amide bonds. The number of aromatic nitrogens is 3. The van der Waals surface area contributed by atoms with Crippen LogP contribution in [0.3, 0.4) is 0 Å². The van der Waals surface area contributed by atoms with Gasteiger partial charge in [0, 0.05) is 28.5 Å². The Hall–Kier alpha value is -3.50. The molecule has 0 spiro atoms. The summed E-state index contributed by atoms with van der Waals surface area (Å²) in [5, 5.41) is 23.1. The van der Waals surface area contributed by atoms with Crippen molar-refractivity contribution in [2.75, 3.05) is 23.8 Å². The van der Waals surface area contributed by atoms with Gasteiger partial charge < -0.3 is 19.9 Å². The maximum absolute atomic E-state index is 14.3. The van der Waals surface area contributed by atoms with Gasteiger partial charge in [0.15, 0.2) is 0 Å². The summed E-state index contributed by atoms with van der Waals surface area (Å²) in [6.07, 6.45) is 0.832. The van der Waals surface area contributed by atoms with Crippen molar-refractivity contribution in [1.82, 2.24) is 15.2 Å². The Balaban J connectivity index is 1.89. The molecular weight excluding hydrogens is 453 g/mol. The Labute approximate surface area is 194 Å². The van der Waals surface area contributed by atoms with Gasteiger partial charge >= 0.3 is 6.09 Å². The van der Waals surface area contributed by atoms with Gasteiger partial charge in [0.05, 0.1) is 12.3 Å². The Kier molecular flexibility index (Phi) is 7.62. The molecule has 2 heterocycles. The fourth-order valence-corrected chi connectivity index (χ4v) is 2.86. The molecule has 0 bridgehead atoms. The average Bonchev–Trinajstić information content (AvgIpc) is 2.73. The topological polar surface area (TPSA) is 118 Å². The number of anilines is 3. The summed E-state index contributed by atoms with van der Waals surface area (Å²) in [7, 11) is 0. The van der Waals surface area contributed by atoms with E-state index in [-0.39, 0.29) is 36.2 Å². The van der Waals surface area contributed by atoms with E-state index in [0.717, 1.165) is 0 Å². The van der Waals surface area contributed by atoms with E-state index in [2.05, 4.69) is 25.8 Å². The van der Waals surface area contributed by atoms with Gasteiger partial charge in [-0.3, -0.25) is 5.32 Å². The highest BCUT2D eigenvalue weighted by atomic mass is 35.5. The molecule has 0 unspecified atom stereocenters. The van der Waals surface area contributed by atoms with Crippen LogP contribution in [0.1, 0.15) is 20.8 Å². The summed E-state index contributed by atoms with van der Waals surface area (Å²) in [6.45, 7) is 5.01. The lowest BCUT2D eigenvalue weighted by Gasteiger charge is -2.19. The monoisotopic (exact) mass is 475 g/mol. The maximum atomic E-state index is 14.3. The SMILES string of the molecule is CC(C)(C)OC(=O)Nc1cc(Nc2cc(-c3cc(Cl)ccc3F)nnc2OCCO)ccn1. The van der Waals surface area contributed by atoms with Gasteiger partial charge in [0.2, 0.25) is 0 Å². The van der Waals surface area contributed by atoms with Crippen molar-refractivity contribution in [3.63, 3.8) is 0 Å². The summed E-state index contributed by atoms with van der Waals surface area (Å²) in [5.41, 5.74) is 0.592. The molecule has 0 aliphatic rings. The summed E-state index contributed by atoms with van der Waals surface area (Å²) in [6, 6.07) is 8.86. The minimum absolute atomic E-state index is 0.0178. The van der Waals surface area contributed by atoms with Gasteiger partial charge in [0.1, 0.15) is 29.5 Å². The van der Waals surface area contributed by atoms with E-state index in [4.69, 9.17) is 26.2 Å². The number of hydrogen-bond donors (Lipinski definition) is 3. The van der Waals surface area contributed by atoms with E-state index in [1.807, 2.05) is 0 Å². The Bertz CT molecular complexity index is 1140. The van der Waals surface area contributed by atoms with Crippen LogP contribution in [0.5, 0.6) is 5.88 Å². The number of carbonyl (C=O) groups excluding carboxylic acids is 1. The van der Waals surface area contributed by atoms with Crippen LogP contribution in [-0.4, -0.2) is 45.2 Å². The molecule has 3 rings (SSSR count). The second-order valence-electron chi connectivity index (χ2n) is 7.83. The fourth-order valence-electron chi connectivity index (χ4n) is 2.68. The van der Waals surface area contributed by atoms with Crippen LogP contribution in [-0.2, 0) is 4.74 Å². The van der Waals surface area contributed by atoms with Gasteiger partial charge in [-0.25, -0.2) is 14.2 Å². The van der Waals surface area contributed by atoms with E-state index >= 15 is 0 Å². The number of ether oxygens (including phenoxy) is 2. The molecule has 0 radical (unpaired) electrons. The molecule has 1 aromatic carbocycles. The van der Waals surface area contributed by atoms with Crippen LogP contribution in [0.15, 0.2) is 42.6 Å². The Morgan fingerprint density at radius 3 is 2.70 bits per heavy atom. The number of benzene rings is 1. The predicted octanol–water partition coefficient (Wildman–Crippen LogP) is 4.79. The molecule has 0 aliphatic carbocycles. The zero-order valence-electron chi connectivity index (χ0n) is 18.2. The van der Waals surface area contributed by atoms with Crippen LogP contribution in [0.4, 0.5) is 26.4 Å². The van der Waals surface area contributed by atoms with Gasteiger partial charge in [-0.05, 0) is 51.1 Å². The highest BCUT2D eigenvalue weighted by Gasteiger charge is 2.17. The number of pyridine rings is 1. The van der Waals surface area contributed by atoms with E-state index in [0.29, 0.717) is 16.4 Å². The van der Waals surface area contributed by atoms with Crippen molar-refractivity contribution >= 4 is 34.9 Å². The molecule has 0 aliphatic heterocycles.